The normalized spacial score (nSPS) is 11.7. The molecule has 152 valence electrons. The summed E-state index contributed by atoms with van der Waals surface area (Å²) in [6.45, 7) is 5.87. The van der Waals surface area contributed by atoms with Crippen LogP contribution >= 0.6 is 11.6 Å². The average molecular weight is 412 g/mol. The topological polar surface area (TPSA) is 51.4 Å². The second-order valence-electron chi connectivity index (χ2n) is 8.41. The van der Waals surface area contributed by atoms with E-state index in [4.69, 9.17) is 16.7 Å². The highest BCUT2D eigenvalue weighted by Crippen LogP contribution is 2.25. The Bertz CT molecular complexity index is 962. The van der Waals surface area contributed by atoms with E-state index < -0.39 is 0 Å². The zero-order valence-electron chi connectivity index (χ0n) is 17.4. The minimum atomic E-state index is -0.126. The van der Waals surface area contributed by atoms with Crippen LogP contribution in [0.15, 0.2) is 60.8 Å². The molecule has 1 heterocycles. The molecule has 0 saturated heterocycles. The second kappa shape index (κ2) is 8.80. The Morgan fingerprint density at radius 1 is 1.10 bits per heavy atom. The van der Waals surface area contributed by atoms with Crippen molar-refractivity contribution in [2.75, 3.05) is 27.2 Å². The van der Waals surface area contributed by atoms with Gasteiger partial charge < -0.3 is 10.2 Å². The Balaban J connectivity index is 1.92. The Labute approximate surface area is 177 Å². The Kier molecular flexibility index (Phi) is 6.40. The summed E-state index contributed by atoms with van der Waals surface area (Å²) in [4.78, 5) is 14.4. The lowest BCUT2D eigenvalue weighted by Gasteiger charge is -2.26. The number of aromatic nitrogens is 2. The molecule has 0 aliphatic rings. The zero-order chi connectivity index (χ0) is 21.0. The first-order valence-corrected chi connectivity index (χ1v) is 10.1. The number of carbonyl (C=O) groups excluding carboxylic acids is 1. The number of hydrogen-bond donors (Lipinski definition) is 2. The van der Waals surface area contributed by atoms with Crippen molar-refractivity contribution in [3.05, 3.63) is 71.4 Å². The van der Waals surface area contributed by atoms with Gasteiger partial charge in [0.1, 0.15) is 5.69 Å². The van der Waals surface area contributed by atoms with Gasteiger partial charge in [0, 0.05) is 28.7 Å². The van der Waals surface area contributed by atoms with E-state index in [0.717, 1.165) is 17.8 Å². The van der Waals surface area contributed by atoms with Crippen LogP contribution in [0.1, 0.15) is 24.2 Å². The first-order chi connectivity index (χ1) is 13.7. The van der Waals surface area contributed by atoms with Crippen molar-refractivity contribution in [3.8, 4) is 16.9 Å². The molecular weight excluding hydrogens is 384 g/mol. The van der Waals surface area contributed by atoms with Crippen molar-refractivity contribution in [1.29, 1.82) is 0 Å². The van der Waals surface area contributed by atoms with E-state index in [1.807, 2.05) is 54.6 Å². The SMILES string of the molecule is C[NH+](C)CC(C)(C)CNC(=O)c1cn(-c2ccccc2)nc1-c1ccc(Cl)cc1. The van der Waals surface area contributed by atoms with Crippen LogP contribution in [0.3, 0.4) is 0 Å². The second-order valence-corrected chi connectivity index (χ2v) is 8.85. The van der Waals surface area contributed by atoms with Crippen molar-refractivity contribution in [3.63, 3.8) is 0 Å². The molecule has 2 N–H and O–H groups in total. The van der Waals surface area contributed by atoms with E-state index in [1.165, 1.54) is 4.90 Å². The number of rotatable bonds is 7. The number of para-hydroxylation sites is 1. The third kappa shape index (κ3) is 5.46. The van der Waals surface area contributed by atoms with E-state index in [9.17, 15) is 4.79 Å². The third-order valence-electron chi connectivity index (χ3n) is 4.66. The number of amides is 1. The summed E-state index contributed by atoms with van der Waals surface area (Å²) in [6, 6.07) is 17.2. The standard InChI is InChI=1S/C23H27ClN4O/c1-23(2,16-27(3)4)15-25-22(29)20-14-28(19-8-6-5-7-9-19)26-21(20)17-10-12-18(24)13-11-17/h5-14H,15-16H2,1-4H3,(H,25,29)/p+1. The molecule has 0 aliphatic carbocycles. The number of hydrogen-bond acceptors (Lipinski definition) is 2. The number of benzene rings is 2. The van der Waals surface area contributed by atoms with Crippen molar-refractivity contribution < 1.29 is 9.69 Å². The van der Waals surface area contributed by atoms with Crippen molar-refractivity contribution in [2.24, 2.45) is 5.41 Å². The fourth-order valence-corrected chi connectivity index (χ4v) is 3.63. The number of quaternary nitrogens is 1. The molecule has 5 nitrogen and oxygen atoms in total. The average Bonchev–Trinajstić information content (AvgIpc) is 3.12. The summed E-state index contributed by atoms with van der Waals surface area (Å²) in [5, 5.41) is 8.45. The Morgan fingerprint density at radius 2 is 1.76 bits per heavy atom. The van der Waals surface area contributed by atoms with Gasteiger partial charge in [0.15, 0.2) is 0 Å². The molecule has 29 heavy (non-hydrogen) atoms. The molecule has 1 aromatic heterocycles. The monoisotopic (exact) mass is 411 g/mol. The molecule has 1 amide bonds. The van der Waals surface area contributed by atoms with Crippen molar-refractivity contribution in [1.82, 2.24) is 15.1 Å². The molecule has 0 atom stereocenters. The van der Waals surface area contributed by atoms with Gasteiger partial charge in [-0.3, -0.25) is 4.79 Å². The number of carbonyl (C=O) groups is 1. The maximum atomic E-state index is 13.1. The van der Waals surface area contributed by atoms with E-state index in [1.54, 1.807) is 10.9 Å². The molecule has 3 rings (SSSR count). The molecule has 6 heteroatoms. The maximum Gasteiger partial charge on any atom is 0.255 e. The van der Waals surface area contributed by atoms with Gasteiger partial charge in [-0.05, 0) is 24.3 Å². The summed E-state index contributed by atoms with van der Waals surface area (Å²) in [5.41, 5.74) is 2.93. The quantitative estimate of drug-likeness (QED) is 0.627. The number of halogens is 1. The highest BCUT2D eigenvalue weighted by atomic mass is 35.5. The van der Waals surface area contributed by atoms with Gasteiger partial charge in [-0.1, -0.05) is 55.8 Å². The van der Waals surface area contributed by atoms with Crippen LogP contribution in [0.2, 0.25) is 5.02 Å². The summed E-state index contributed by atoms with van der Waals surface area (Å²) in [7, 11) is 4.23. The fraction of sp³-hybridized carbons (Fsp3) is 0.304. The molecule has 0 aliphatic heterocycles. The van der Waals surface area contributed by atoms with E-state index in [0.29, 0.717) is 22.8 Å². The third-order valence-corrected chi connectivity index (χ3v) is 4.91. The highest BCUT2D eigenvalue weighted by molar-refractivity contribution is 6.30. The number of nitrogens with one attached hydrogen (secondary N) is 2. The summed E-state index contributed by atoms with van der Waals surface area (Å²) in [6.07, 6.45) is 1.79. The lowest BCUT2D eigenvalue weighted by atomic mass is 9.93. The Morgan fingerprint density at radius 3 is 2.38 bits per heavy atom. The minimum absolute atomic E-state index is 0.00957. The van der Waals surface area contributed by atoms with Gasteiger partial charge in [-0.25, -0.2) is 4.68 Å². The lowest BCUT2D eigenvalue weighted by molar-refractivity contribution is -0.865. The summed E-state index contributed by atoms with van der Waals surface area (Å²) < 4.78 is 1.74. The molecule has 3 aromatic rings. The van der Waals surface area contributed by atoms with Gasteiger partial charge >= 0.3 is 0 Å². The summed E-state index contributed by atoms with van der Waals surface area (Å²) >= 11 is 6.04. The van der Waals surface area contributed by atoms with Crippen molar-refractivity contribution in [2.45, 2.75) is 13.8 Å². The predicted octanol–water partition coefficient (Wildman–Crippen LogP) is 3.09. The minimum Gasteiger partial charge on any atom is -0.351 e. The lowest BCUT2D eigenvalue weighted by Crippen LogP contribution is -3.07. The van der Waals surface area contributed by atoms with Crippen LogP contribution in [0.5, 0.6) is 0 Å². The van der Waals surface area contributed by atoms with Crippen molar-refractivity contribution >= 4 is 17.5 Å². The van der Waals surface area contributed by atoms with E-state index >= 15 is 0 Å². The van der Waals surface area contributed by atoms with Gasteiger partial charge in [0.05, 0.1) is 31.9 Å². The molecule has 0 bridgehead atoms. The molecular formula is C23H28ClN4O+. The van der Waals surface area contributed by atoms with Gasteiger partial charge in [-0.15, -0.1) is 0 Å². The molecule has 2 aromatic carbocycles. The first kappa shape index (κ1) is 21.1. The molecule has 0 fully saturated rings. The van der Waals surface area contributed by atoms with E-state index in [2.05, 4.69) is 33.3 Å². The largest absolute Gasteiger partial charge is 0.351 e. The molecule has 0 spiro atoms. The predicted molar refractivity (Wildman–Crippen MR) is 118 cm³/mol. The van der Waals surface area contributed by atoms with E-state index in [-0.39, 0.29) is 11.3 Å². The summed E-state index contributed by atoms with van der Waals surface area (Å²) in [5.74, 6) is -0.126. The smallest absolute Gasteiger partial charge is 0.255 e. The maximum absolute atomic E-state index is 13.1. The molecule has 0 saturated carbocycles. The van der Waals surface area contributed by atoms with Crippen LogP contribution in [-0.2, 0) is 0 Å². The molecule has 0 radical (unpaired) electrons. The van der Waals surface area contributed by atoms with Gasteiger partial charge in [0.25, 0.3) is 5.91 Å². The Hall–Kier alpha value is -2.63. The number of nitrogens with zero attached hydrogens (tertiary/aromatic N) is 2. The fourth-order valence-electron chi connectivity index (χ4n) is 3.51. The van der Waals surface area contributed by atoms with Gasteiger partial charge in [-0.2, -0.15) is 5.10 Å². The van der Waals surface area contributed by atoms with Crippen LogP contribution < -0.4 is 10.2 Å². The first-order valence-electron chi connectivity index (χ1n) is 9.73. The highest BCUT2D eigenvalue weighted by Gasteiger charge is 2.25. The van der Waals surface area contributed by atoms with Crippen LogP contribution in [0, 0.1) is 5.41 Å². The van der Waals surface area contributed by atoms with Crippen LogP contribution in [0.4, 0.5) is 0 Å². The van der Waals surface area contributed by atoms with Crippen LogP contribution in [-0.4, -0.2) is 42.9 Å². The van der Waals surface area contributed by atoms with Crippen LogP contribution in [0.25, 0.3) is 16.9 Å². The van der Waals surface area contributed by atoms with Gasteiger partial charge in [0.2, 0.25) is 0 Å². The zero-order valence-corrected chi connectivity index (χ0v) is 18.1. The molecule has 0 unspecified atom stereocenters.